The zero-order valence-electron chi connectivity index (χ0n) is 42.7. The van der Waals surface area contributed by atoms with Crippen molar-refractivity contribution in [1.82, 2.24) is 30.2 Å². The number of nitrogen functional groups attached to an aromatic ring is 1. The Morgan fingerprint density at radius 1 is 0.813 bits per heavy atom. The number of aromatic nitrogens is 4. The van der Waals surface area contributed by atoms with Gasteiger partial charge in [0.15, 0.2) is 22.8 Å². The maximum absolute atomic E-state index is 12.8. The molecule has 1 fully saturated rings. The molecule has 2 amide bonds. The van der Waals surface area contributed by atoms with Crippen LogP contribution in [0.5, 0.6) is 0 Å². The van der Waals surface area contributed by atoms with Crippen molar-refractivity contribution in [3.05, 3.63) is 73.4 Å². The maximum Gasteiger partial charge on any atom is 0.481 e. The van der Waals surface area contributed by atoms with E-state index in [2.05, 4.69) is 102 Å². The van der Waals surface area contributed by atoms with E-state index in [1.54, 1.807) is 0 Å². The number of carbonyl (C=O) groups is 3. The number of imidazole rings is 1. The predicted molar refractivity (Wildman–Crippen MR) is 283 cm³/mol. The minimum atomic E-state index is -5.58. The Labute approximate surface area is 442 Å². The van der Waals surface area contributed by atoms with Crippen molar-refractivity contribution in [2.75, 3.05) is 37.8 Å². The summed E-state index contributed by atoms with van der Waals surface area (Å²) in [4.78, 5) is 88.6. The summed E-state index contributed by atoms with van der Waals surface area (Å²) >= 11 is 1.15. The Bertz CT molecular complexity index is 2380. The molecule has 3 heterocycles. The number of rotatable bonds is 38. The third kappa shape index (κ3) is 26.4. The van der Waals surface area contributed by atoms with Gasteiger partial charge in [-0.15, -0.1) is 0 Å². The monoisotopic (exact) mass is 1140 g/mol. The Morgan fingerprint density at radius 3 is 2.03 bits per heavy atom. The van der Waals surface area contributed by atoms with E-state index in [1.165, 1.54) is 33.1 Å². The summed E-state index contributed by atoms with van der Waals surface area (Å²) < 4.78 is 62.5. The van der Waals surface area contributed by atoms with Crippen LogP contribution < -0.4 is 16.4 Å². The number of nitrogens with one attached hydrogen (secondary N) is 2. The van der Waals surface area contributed by atoms with Gasteiger partial charge in [0.1, 0.15) is 36.3 Å². The van der Waals surface area contributed by atoms with E-state index in [4.69, 9.17) is 19.5 Å². The van der Waals surface area contributed by atoms with E-state index < -0.39 is 84.6 Å². The summed E-state index contributed by atoms with van der Waals surface area (Å²) in [7, 11) is -16.4. The predicted octanol–water partition coefficient (Wildman–Crippen LogP) is 6.93. The number of aliphatic hydroxyl groups excluding tert-OH is 2. The van der Waals surface area contributed by atoms with Crippen LogP contribution in [0, 0.1) is 5.41 Å². The van der Waals surface area contributed by atoms with Crippen LogP contribution in [-0.2, 0) is 50.7 Å². The first-order chi connectivity index (χ1) is 35.6. The van der Waals surface area contributed by atoms with Crippen LogP contribution in [0.2, 0.25) is 0 Å². The molecular formula is C47H76N7O17P3S. The summed E-state index contributed by atoms with van der Waals surface area (Å²) in [5.41, 5.74) is 4.28. The summed E-state index contributed by atoms with van der Waals surface area (Å²) in [6, 6.07) is 0. The van der Waals surface area contributed by atoms with Crippen molar-refractivity contribution in [3.63, 3.8) is 0 Å². The number of anilines is 1. The lowest BCUT2D eigenvalue weighted by atomic mass is 9.87. The van der Waals surface area contributed by atoms with E-state index >= 15 is 0 Å². The molecule has 28 heteroatoms. The number of thioether (sulfide) groups is 1. The quantitative estimate of drug-likeness (QED) is 0.0187. The number of allylic oxidation sites excluding steroid dienone is 10. The smallest absolute Gasteiger partial charge is 0.386 e. The number of phosphoric ester groups is 3. The molecule has 7 atom stereocenters. The highest BCUT2D eigenvalue weighted by Crippen LogP contribution is 2.61. The first-order valence-electron chi connectivity index (χ1n) is 24.9. The van der Waals surface area contributed by atoms with Crippen LogP contribution >= 0.6 is 35.2 Å². The van der Waals surface area contributed by atoms with Crippen LogP contribution in [-0.4, -0.2) is 123 Å². The van der Waals surface area contributed by atoms with Crippen LogP contribution in [0.3, 0.4) is 0 Å². The Hall–Kier alpha value is -3.74. The minimum absolute atomic E-state index is 0.0316. The molecule has 422 valence electrons. The fourth-order valence-corrected chi connectivity index (χ4v) is 10.7. The summed E-state index contributed by atoms with van der Waals surface area (Å²) in [6.07, 6.45) is 29.2. The van der Waals surface area contributed by atoms with Gasteiger partial charge in [-0.3, -0.25) is 32.5 Å². The minimum Gasteiger partial charge on any atom is -0.386 e. The van der Waals surface area contributed by atoms with E-state index in [0.717, 1.165) is 93.2 Å². The van der Waals surface area contributed by atoms with E-state index in [-0.39, 0.29) is 41.6 Å². The molecule has 0 aromatic carbocycles. The largest absolute Gasteiger partial charge is 0.481 e. The van der Waals surface area contributed by atoms with Gasteiger partial charge in [-0.2, -0.15) is 4.31 Å². The number of nitrogens with zero attached hydrogens (tertiary/aromatic N) is 4. The molecule has 1 aliphatic heterocycles. The first kappa shape index (κ1) is 65.5. The molecule has 24 nitrogen and oxygen atoms in total. The summed E-state index contributed by atoms with van der Waals surface area (Å²) in [5.74, 6) is -1.05. The zero-order chi connectivity index (χ0) is 55.3. The lowest BCUT2D eigenvalue weighted by Crippen LogP contribution is -2.46. The number of unbranched alkanes of at least 4 members (excludes halogenated alkanes) is 7. The van der Waals surface area contributed by atoms with Crippen molar-refractivity contribution in [2.45, 2.75) is 148 Å². The molecule has 0 aliphatic carbocycles. The third-order valence-electron chi connectivity index (χ3n) is 11.2. The van der Waals surface area contributed by atoms with Gasteiger partial charge in [0.05, 0.1) is 19.5 Å². The molecule has 10 N–H and O–H groups in total. The van der Waals surface area contributed by atoms with Crippen molar-refractivity contribution in [3.8, 4) is 0 Å². The summed E-state index contributed by atoms with van der Waals surface area (Å²) in [6.45, 7) is 2.68. The number of ether oxygens (including phenoxy) is 1. The standard InChI is InChI=1S/C47H76N7O17P3S/c1-4-5-6-7-8-9-10-11-12-13-14-15-16-17-18-19-20-21-22-23-24-25-26-27-38(56)75-31-30-49-37(55)28-29-50-45(59)42(58)47(2,3)33-68-74(65,66)71-73(63,64)67-32-36-41(70-72(60,61)62)40(57)46(69-36)54-35-53-39-43(48)51-34-52-44(39)54/h5-6,8-9,11-12,14-15,17-18,34-36,40-42,46,57-58H,4,7,10,13,16,19-33H2,1-3H3,(H,49,55)(H,50,59)(H,63,64)(H,65,66)(H2,48,51,52)(H2,60,61,62)/b6-5-,9-8-,12-11-,15-14-,18-17-/t36-,40-,41-,42+,46-/m1/s1. The highest BCUT2D eigenvalue weighted by Gasteiger charge is 2.50. The fourth-order valence-electron chi connectivity index (χ4n) is 7.15. The molecule has 2 aromatic heterocycles. The van der Waals surface area contributed by atoms with Gasteiger partial charge < -0.3 is 50.9 Å². The molecule has 2 unspecified atom stereocenters. The molecule has 0 bridgehead atoms. The van der Waals surface area contributed by atoms with Gasteiger partial charge >= 0.3 is 23.5 Å². The van der Waals surface area contributed by atoms with Crippen molar-refractivity contribution >= 4 is 69.1 Å². The molecule has 75 heavy (non-hydrogen) atoms. The Kier molecular flexibility index (Phi) is 29.9. The van der Waals surface area contributed by atoms with Gasteiger partial charge in [-0.25, -0.2) is 28.6 Å². The van der Waals surface area contributed by atoms with Gasteiger partial charge in [0.2, 0.25) is 11.8 Å². The van der Waals surface area contributed by atoms with E-state index in [1.807, 2.05) is 0 Å². The number of hydrogen-bond donors (Lipinski definition) is 9. The Balaban J connectivity index is 1.23. The van der Waals surface area contributed by atoms with Gasteiger partial charge in [-0.05, 0) is 51.4 Å². The highest BCUT2D eigenvalue weighted by molar-refractivity contribution is 8.13. The number of carbonyl (C=O) groups excluding carboxylic acids is 3. The van der Waals surface area contributed by atoms with Gasteiger partial charge in [-0.1, -0.05) is 125 Å². The fraction of sp³-hybridized carbons (Fsp3) is 0.617. The van der Waals surface area contributed by atoms with E-state index in [9.17, 15) is 57.9 Å². The van der Waals surface area contributed by atoms with E-state index in [0.29, 0.717) is 12.2 Å². The summed E-state index contributed by atoms with van der Waals surface area (Å²) in [5, 5.41) is 26.7. The van der Waals surface area contributed by atoms with Crippen molar-refractivity contribution in [2.24, 2.45) is 5.41 Å². The number of nitrogens with two attached hydrogens (primary N) is 1. The van der Waals surface area contributed by atoms with Crippen LogP contribution in [0.25, 0.3) is 11.2 Å². The molecule has 3 rings (SSSR count). The topological polar surface area (TPSA) is 364 Å². The lowest BCUT2D eigenvalue weighted by Gasteiger charge is -2.30. The average Bonchev–Trinajstić information content (AvgIpc) is 3.91. The third-order valence-corrected chi connectivity index (χ3v) is 15.2. The van der Waals surface area contributed by atoms with Crippen LogP contribution in [0.4, 0.5) is 5.82 Å². The average molecular weight is 1140 g/mol. The number of hydrogen-bond acceptors (Lipinski definition) is 18. The number of fused-ring (bicyclic) bond motifs is 1. The molecule has 0 radical (unpaired) electrons. The number of phosphoric acid groups is 3. The van der Waals surface area contributed by atoms with Crippen LogP contribution in [0.15, 0.2) is 73.4 Å². The molecule has 0 spiro atoms. The molecule has 0 saturated carbocycles. The molecule has 1 saturated heterocycles. The van der Waals surface area contributed by atoms with Crippen molar-refractivity contribution in [1.29, 1.82) is 0 Å². The number of amides is 2. The molecule has 2 aromatic rings. The van der Waals surface area contributed by atoms with Crippen LogP contribution in [0.1, 0.15) is 123 Å². The Morgan fingerprint density at radius 2 is 1.40 bits per heavy atom. The molecule has 1 aliphatic rings. The maximum atomic E-state index is 12.8. The SMILES string of the molecule is CC/C=C\C/C=C\C/C=C\C/C=C\C/C=C\CCCCCCCCCC(=O)SCCNC(=O)CCNC(=O)[C@H](O)C(C)(C)COP(=O)(O)OP(=O)(O)OC[C@H]1O[C@@H](n2cnc3c(N)ncnc32)[C@H](O)[C@@H]1OP(=O)(O)O. The normalized spacial score (nSPS) is 19.7. The number of aliphatic hydroxyl groups is 2. The zero-order valence-corrected chi connectivity index (χ0v) is 46.2. The first-order valence-corrected chi connectivity index (χ1v) is 30.4. The van der Waals surface area contributed by atoms with Gasteiger partial charge in [0, 0.05) is 37.1 Å². The highest BCUT2D eigenvalue weighted by atomic mass is 32.2. The second kappa shape index (κ2) is 34.2. The van der Waals surface area contributed by atoms with Gasteiger partial charge in [0.25, 0.3) is 0 Å². The lowest BCUT2D eigenvalue weighted by molar-refractivity contribution is -0.137. The van der Waals surface area contributed by atoms with Crippen molar-refractivity contribution < 1.29 is 80.5 Å². The second-order valence-corrected chi connectivity index (χ2v) is 23.4. The second-order valence-electron chi connectivity index (χ2n) is 18.0. The molecular weight excluding hydrogens is 1060 g/mol.